The third-order valence-electron chi connectivity index (χ3n) is 6.31. The summed E-state index contributed by atoms with van der Waals surface area (Å²) in [5.41, 5.74) is 3.12. The van der Waals surface area contributed by atoms with Gasteiger partial charge in [-0.3, -0.25) is 0 Å². The number of piperidine rings is 1. The van der Waals surface area contributed by atoms with Crippen LogP contribution in [0.1, 0.15) is 18.4 Å². The van der Waals surface area contributed by atoms with Crippen LogP contribution in [-0.4, -0.2) is 37.6 Å². The van der Waals surface area contributed by atoms with Crippen molar-refractivity contribution in [3.05, 3.63) is 89.0 Å². The summed E-state index contributed by atoms with van der Waals surface area (Å²) in [7, 11) is 2.09. The van der Waals surface area contributed by atoms with Crippen LogP contribution in [0.3, 0.4) is 0 Å². The Morgan fingerprint density at radius 1 is 0.970 bits per heavy atom. The average molecular weight is 470 g/mol. The Balaban J connectivity index is 1.50. The second-order valence-electron chi connectivity index (χ2n) is 8.64. The fourth-order valence-electron chi connectivity index (χ4n) is 4.35. The highest BCUT2D eigenvalue weighted by Crippen LogP contribution is 2.36. The van der Waals surface area contributed by atoms with E-state index in [0.717, 1.165) is 60.8 Å². The lowest BCUT2D eigenvalue weighted by atomic mass is 9.72. The summed E-state index contributed by atoms with van der Waals surface area (Å²) >= 11 is 6.14. The molecule has 1 saturated heterocycles. The minimum atomic E-state index is -0.739. The number of carbonyl (C=O) groups is 1. The lowest BCUT2D eigenvalue weighted by molar-refractivity contribution is 0.183. The van der Waals surface area contributed by atoms with Gasteiger partial charge in [0.1, 0.15) is 11.6 Å². The molecule has 2 amide bonds. The van der Waals surface area contributed by atoms with Gasteiger partial charge in [0.25, 0.3) is 0 Å². The van der Waals surface area contributed by atoms with Crippen molar-refractivity contribution in [1.29, 1.82) is 0 Å². The molecule has 172 valence electrons. The molecule has 4 rings (SSSR count). The number of urea groups is 1. The molecular formula is C26H26ClF2N3O. The van der Waals surface area contributed by atoms with Gasteiger partial charge < -0.3 is 15.5 Å². The van der Waals surface area contributed by atoms with Crippen LogP contribution in [-0.2, 0) is 5.41 Å². The van der Waals surface area contributed by atoms with Crippen molar-refractivity contribution in [3.8, 4) is 11.1 Å². The van der Waals surface area contributed by atoms with Crippen LogP contribution in [0.25, 0.3) is 11.1 Å². The fraction of sp³-hybridized carbons (Fsp3) is 0.269. The first-order valence-corrected chi connectivity index (χ1v) is 11.3. The van der Waals surface area contributed by atoms with E-state index >= 15 is 0 Å². The van der Waals surface area contributed by atoms with E-state index in [0.29, 0.717) is 11.6 Å². The Bertz CT molecular complexity index is 1110. The van der Waals surface area contributed by atoms with Gasteiger partial charge in [-0.15, -0.1) is 0 Å². The summed E-state index contributed by atoms with van der Waals surface area (Å²) in [5, 5.41) is 6.13. The van der Waals surface area contributed by atoms with Gasteiger partial charge in [-0.2, -0.15) is 0 Å². The predicted molar refractivity (Wildman–Crippen MR) is 129 cm³/mol. The maximum Gasteiger partial charge on any atom is 0.319 e. The Kier molecular flexibility index (Phi) is 6.96. The van der Waals surface area contributed by atoms with Crippen molar-refractivity contribution in [1.82, 2.24) is 10.2 Å². The van der Waals surface area contributed by atoms with Gasteiger partial charge in [0.15, 0.2) is 0 Å². The lowest BCUT2D eigenvalue weighted by Crippen LogP contribution is -2.48. The minimum absolute atomic E-state index is 0.0771. The number of nitrogens with one attached hydrogen (secondary N) is 2. The second-order valence-corrected chi connectivity index (χ2v) is 9.07. The molecule has 0 saturated carbocycles. The van der Waals surface area contributed by atoms with Gasteiger partial charge in [-0.05, 0) is 73.9 Å². The van der Waals surface area contributed by atoms with E-state index in [1.807, 2.05) is 24.3 Å². The molecule has 0 spiro atoms. The van der Waals surface area contributed by atoms with Crippen molar-refractivity contribution in [2.24, 2.45) is 0 Å². The molecule has 33 heavy (non-hydrogen) atoms. The highest BCUT2D eigenvalue weighted by molar-refractivity contribution is 6.30. The van der Waals surface area contributed by atoms with E-state index in [1.165, 1.54) is 0 Å². The molecule has 0 aromatic heterocycles. The average Bonchev–Trinajstić information content (AvgIpc) is 2.78. The predicted octanol–water partition coefficient (Wildman–Crippen LogP) is 6.07. The Hall–Kier alpha value is -2.96. The monoisotopic (exact) mass is 469 g/mol. The molecule has 0 unspecified atom stereocenters. The molecule has 0 bridgehead atoms. The minimum Gasteiger partial charge on any atom is -0.337 e. The van der Waals surface area contributed by atoms with Crippen LogP contribution >= 0.6 is 11.6 Å². The number of likely N-dealkylation sites (tertiary alicyclic amines) is 1. The number of anilines is 1. The number of hydrogen-bond donors (Lipinski definition) is 2. The molecule has 3 aromatic rings. The largest absolute Gasteiger partial charge is 0.337 e. The van der Waals surface area contributed by atoms with Crippen molar-refractivity contribution in [2.75, 3.05) is 32.0 Å². The van der Waals surface area contributed by atoms with Crippen LogP contribution in [0.5, 0.6) is 0 Å². The Labute approximate surface area is 197 Å². The Morgan fingerprint density at radius 2 is 1.64 bits per heavy atom. The van der Waals surface area contributed by atoms with Gasteiger partial charge in [0.2, 0.25) is 0 Å². The van der Waals surface area contributed by atoms with Crippen LogP contribution < -0.4 is 10.6 Å². The first-order valence-electron chi connectivity index (χ1n) is 10.9. The molecular weight excluding hydrogens is 444 g/mol. The molecule has 0 aliphatic carbocycles. The normalized spacial score (nSPS) is 15.8. The van der Waals surface area contributed by atoms with Gasteiger partial charge in [0, 0.05) is 28.7 Å². The first-order chi connectivity index (χ1) is 15.8. The number of amides is 2. The topological polar surface area (TPSA) is 44.4 Å². The maximum atomic E-state index is 13.4. The highest BCUT2D eigenvalue weighted by atomic mass is 35.5. The fourth-order valence-corrected chi connectivity index (χ4v) is 4.54. The summed E-state index contributed by atoms with van der Waals surface area (Å²) < 4.78 is 26.9. The number of benzene rings is 3. The van der Waals surface area contributed by atoms with E-state index in [9.17, 15) is 13.6 Å². The molecule has 0 atom stereocenters. The molecule has 0 radical (unpaired) electrons. The lowest BCUT2D eigenvalue weighted by Gasteiger charge is -2.41. The number of hydrogen-bond acceptors (Lipinski definition) is 2. The molecule has 3 aromatic carbocycles. The standard InChI is InChI=1S/C26H26ClF2N3O/c1-32-11-9-26(10-12-32,17-30-25(33)31-24-15-22(28)14-23(29)16-24)20-7-5-18(6-8-20)19-3-2-4-21(27)13-19/h2-8,13-16H,9-12,17H2,1H3,(H2,30,31,33). The van der Waals surface area contributed by atoms with Crippen LogP contribution in [0, 0.1) is 11.6 Å². The molecule has 2 N–H and O–H groups in total. The van der Waals surface area contributed by atoms with Crippen LogP contribution in [0.15, 0.2) is 66.7 Å². The highest BCUT2D eigenvalue weighted by Gasteiger charge is 2.35. The van der Waals surface area contributed by atoms with Gasteiger partial charge in [-0.1, -0.05) is 48.0 Å². The summed E-state index contributed by atoms with van der Waals surface area (Å²) in [4.78, 5) is 14.8. The van der Waals surface area contributed by atoms with Gasteiger partial charge in [-0.25, -0.2) is 13.6 Å². The first kappa shape index (κ1) is 23.2. The zero-order chi connectivity index (χ0) is 23.4. The molecule has 1 heterocycles. The number of halogens is 3. The van der Waals surface area contributed by atoms with E-state index in [1.54, 1.807) is 0 Å². The van der Waals surface area contributed by atoms with E-state index < -0.39 is 17.7 Å². The van der Waals surface area contributed by atoms with Gasteiger partial charge >= 0.3 is 6.03 Å². The summed E-state index contributed by atoms with van der Waals surface area (Å²) in [6.07, 6.45) is 1.77. The third kappa shape index (κ3) is 5.70. The van der Waals surface area contributed by atoms with Gasteiger partial charge in [0.05, 0.1) is 0 Å². The zero-order valence-corrected chi connectivity index (χ0v) is 19.1. The second kappa shape index (κ2) is 9.89. The van der Waals surface area contributed by atoms with Crippen molar-refractivity contribution in [3.63, 3.8) is 0 Å². The van der Waals surface area contributed by atoms with Crippen LogP contribution in [0.2, 0.25) is 5.02 Å². The van der Waals surface area contributed by atoms with E-state index in [2.05, 4.69) is 46.8 Å². The third-order valence-corrected chi connectivity index (χ3v) is 6.54. The Morgan fingerprint density at radius 3 is 2.27 bits per heavy atom. The zero-order valence-electron chi connectivity index (χ0n) is 18.4. The van der Waals surface area contributed by atoms with E-state index in [4.69, 9.17) is 11.6 Å². The number of rotatable bonds is 5. The van der Waals surface area contributed by atoms with Crippen molar-refractivity contribution >= 4 is 23.3 Å². The SMILES string of the molecule is CN1CCC(CNC(=O)Nc2cc(F)cc(F)c2)(c2ccc(-c3cccc(Cl)c3)cc2)CC1. The van der Waals surface area contributed by atoms with Crippen LogP contribution in [0.4, 0.5) is 19.3 Å². The summed E-state index contributed by atoms with van der Waals surface area (Å²) in [6, 6.07) is 18.6. The smallest absolute Gasteiger partial charge is 0.319 e. The molecule has 7 heteroatoms. The summed E-state index contributed by atoms with van der Waals surface area (Å²) in [5.74, 6) is -1.48. The molecule has 1 aliphatic heterocycles. The number of nitrogens with zero attached hydrogens (tertiary/aromatic N) is 1. The maximum absolute atomic E-state index is 13.4. The van der Waals surface area contributed by atoms with Crippen molar-refractivity contribution < 1.29 is 13.6 Å². The van der Waals surface area contributed by atoms with Crippen molar-refractivity contribution in [2.45, 2.75) is 18.3 Å². The molecule has 4 nitrogen and oxygen atoms in total. The molecule has 1 aliphatic rings. The van der Waals surface area contributed by atoms with E-state index in [-0.39, 0.29) is 11.1 Å². The summed E-state index contributed by atoms with van der Waals surface area (Å²) in [6.45, 7) is 2.24. The quantitative estimate of drug-likeness (QED) is 0.476. The number of carbonyl (C=O) groups excluding carboxylic acids is 1. The molecule has 1 fully saturated rings.